The highest BCUT2D eigenvalue weighted by Gasteiger charge is 2.38. The van der Waals surface area contributed by atoms with Gasteiger partial charge in [0.15, 0.2) is 0 Å². The molecule has 0 amide bonds. The quantitative estimate of drug-likeness (QED) is 0.190. The van der Waals surface area contributed by atoms with Crippen LogP contribution in [0.1, 0.15) is 94.0 Å². The summed E-state index contributed by atoms with van der Waals surface area (Å²) in [5.74, 6) is -2.03. The van der Waals surface area contributed by atoms with Gasteiger partial charge < -0.3 is 4.74 Å². The first-order valence-electron chi connectivity index (χ1n) is 12.6. The molecule has 6 heteroatoms. The van der Waals surface area contributed by atoms with Crippen LogP contribution in [0.5, 0.6) is 0 Å². The maximum Gasteiger partial charge on any atom is 0.391 e. The summed E-state index contributed by atoms with van der Waals surface area (Å²) in [6, 6.07) is 10.9. The van der Waals surface area contributed by atoms with Crippen molar-refractivity contribution < 1.29 is 22.7 Å². The molecule has 1 aromatic heterocycles. The smallest absolute Gasteiger partial charge is 0.391 e. The van der Waals surface area contributed by atoms with Crippen molar-refractivity contribution in [3.8, 4) is 11.3 Å². The van der Waals surface area contributed by atoms with Gasteiger partial charge in [0.05, 0.1) is 23.8 Å². The molecule has 1 atom stereocenters. The number of unbranched alkanes of at least 4 members (excludes halogenated alkanes) is 6. The number of alkyl halides is 3. The Morgan fingerprint density at radius 3 is 2.15 bits per heavy atom. The molecule has 2 rings (SSSR count). The molecule has 2 aromatic rings. The SMILES string of the molecule is CCCCCCc1ccc(-c2ccc(C(=O)OCCC(CCCCCC)C(F)(F)F)cc2)nc1. The lowest BCUT2D eigenvalue weighted by Crippen LogP contribution is -2.25. The molecule has 188 valence electrons. The molecule has 0 bridgehead atoms. The number of hydrogen-bond acceptors (Lipinski definition) is 3. The van der Waals surface area contributed by atoms with Crippen LogP contribution >= 0.6 is 0 Å². The Hall–Kier alpha value is -2.37. The van der Waals surface area contributed by atoms with Gasteiger partial charge in [-0.05, 0) is 49.4 Å². The number of esters is 1. The van der Waals surface area contributed by atoms with Crippen LogP contribution in [0.15, 0.2) is 42.6 Å². The van der Waals surface area contributed by atoms with E-state index in [2.05, 4.69) is 18.0 Å². The molecule has 0 aliphatic carbocycles. The van der Waals surface area contributed by atoms with Gasteiger partial charge >= 0.3 is 12.1 Å². The number of hydrogen-bond donors (Lipinski definition) is 0. The molecule has 0 fully saturated rings. The summed E-state index contributed by atoms with van der Waals surface area (Å²) >= 11 is 0. The molecular weight excluding hydrogens is 439 g/mol. The van der Waals surface area contributed by atoms with Crippen molar-refractivity contribution in [3.63, 3.8) is 0 Å². The summed E-state index contributed by atoms with van der Waals surface area (Å²) in [7, 11) is 0. The summed E-state index contributed by atoms with van der Waals surface area (Å²) in [4.78, 5) is 16.8. The summed E-state index contributed by atoms with van der Waals surface area (Å²) in [6.45, 7) is 3.98. The molecule has 0 saturated carbocycles. The maximum absolute atomic E-state index is 13.3. The number of carbonyl (C=O) groups is 1. The van der Waals surface area contributed by atoms with E-state index in [1.807, 2.05) is 19.2 Å². The van der Waals surface area contributed by atoms with Crippen LogP contribution in [0.25, 0.3) is 11.3 Å². The van der Waals surface area contributed by atoms with Crippen LogP contribution in [0.2, 0.25) is 0 Å². The van der Waals surface area contributed by atoms with Gasteiger partial charge in [0.1, 0.15) is 0 Å². The van der Waals surface area contributed by atoms with Gasteiger partial charge in [-0.3, -0.25) is 4.98 Å². The molecule has 1 aromatic carbocycles. The highest BCUT2D eigenvalue weighted by Crippen LogP contribution is 2.33. The average molecular weight is 478 g/mol. The number of halogens is 3. The van der Waals surface area contributed by atoms with Gasteiger partial charge in [0.25, 0.3) is 0 Å². The lowest BCUT2D eigenvalue weighted by Gasteiger charge is -2.20. The van der Waals surface area contributed by atoms with Gasteiger partial charge in [0.2, 0.25) is 0 Å². The first kappa shape index (κ1) is 27.9. The number of aromatic nitrogens is 1. The van der Waals surface area contributed by atoms with E-state index in [-0.39, 0.29) is 19.4 Å². The van der Waals surface area contributed by atoms with Crippen LogP contribution in [-0.2, 0) is 11.2 Å². The number of ether oxygens (including phenoxy) is 1. The molecule has 1 unspecified atom stereocenters. The van der Waals surface area contributed by atoms with Crippen molar-refractivity contribution in [2.45, 2.75) is 90.7 Å². The van der Waals surface area contributed by atoms with E-state index in [0.29, 0.717) is 12.0 Å². The van der Waals surface area contributed by atoms with Crippen LogP contribution < -0.4 is 0 Å². The molecule has 0 N–H and O–H groups in total. The molecule has 0 spiro atoms. The predicted octanol–water partition coefficient (Wildman–Crippen LogP) is 8.57. The second-order valence-corrected chi connectivity index (χ2v) is 8.95. The van der Waals surface area contributed by atoms with Crippen molar-refractivity contribution in [2.75, 3.05) is 6.61 Å². The molecule has 0 aliphatic heterocycles. The fourth-order valence-corrected chi connectivity index (χ4v) is 3.94. The number of pyridine rings is 1. The summed E-state index contributed by atoms with van der Waals surface area (Å²) in [6.07, 6.45) is 6.65. The minimum atomic E-state index is -4.27. The minimum Gasteiger partial charge on any atom is -0.462 e. The molecule has 0 aliphatic rings. The number of carbonyl (C=O) groups excluding carboxylic acids is 1. The zero-order chi connectivity index (χ0) is 24.8. The minimum absolute atomic E-state index is 0.0836. The van der Waals surface area contributed by atoms with Crippen molar-refractivity contribution in [3.05, 3.63) is 53.7 Å². The van der Waals surface area contributed by atoms with Crippen LogP contribution in [-0.4, -0.2) is 23.7 Å². The van der Waals surface area contributed by atoms with Gasteiger partial charge in [-0.15, -0.1) is 0 Å². The zero-order valence-electron chi connectivity index (χ0n) is 20.5. The van der Waals surface area contributed by atoms with E-state index < -0.39 is 18.1 Å². The summed E-state index contributed by atoms with van der Waals surface area (Å²) < 4.78 is 44.9. The van der Waals surface area contributed by atoms with Crippen molar-refractivity contribution in [1.29, 1.82) is 0 Å². The van der Waals surface area contributed by atoms with E-state index >= 15 is 0 Å². The van der Waals surface area contributed by atoms with Gasteiger partial charge in [-0.2, -0.15) is 13.2 Å². The molecule has 34 heavy (non-hydrogen) atoms. The number of rotatable bonds is 15. The van der Waals surface area contributed by atoms with E-state index in [1.165, 1.54) is 24.8 Å². The maximum atomic E-state index is 13.3. The van der Waals surface area contributed by atoms with Crippen molar-refractivity contribution >= 4 is 5.97 Å². The Bertz CT molecular complexity index is 832. The van der Waals surface area contributed by atoms with E-state index in [4.69, 9.17) is 4.74 Å². The number of nitrogens with zero attached hydrogens (tertiary/aromatic N) is 1. The number of aryl methyl sites for hydroxylation is 1. The third-order valence-electron chi connectivity index (χ3n) is 6.13. The monoisotopic (exact) mass is 477 g/mol. The van der Waals surface area contributed by atoms with Crippen molar-refractivity contribution in [2.24, 2.45) is 5.92 Å². The van der Waals surface area contributed by atoms with E-state index in [1.54, 1.807) is 24.3 Å². The fourth-order valence-electron chi connectivity index (χ4n) is 3.94. The van der Waals surface area contributed by atoms with Gasteiger partial charge in [-0.25, -0.2) is 4.79 Å². The second kappa shape index (κ2) is 14.8. The molecule has 1 heterocycles. The van der Waals surface area contributed by atoms with E-state index in [0.717, 1.165) is 43.4 Å². The number of benzene rings is 1. The lowest BCUT2D eigenvalue weighted by atomic mass is 9.97. The third-order valence-corrected chi connectivity index (χ3v) is 6.13. The molecular formula is C28H38F3NO2. The molecule has 3 nitrogen and oxygen atoms in total. The molecule has 0 radical (unpaired) electrons. The van der Waals surface area contributed by atoms with Crippen LogP contribution in [0, 0.1) is 5.92 Å². The van der Waals surface area contributed by atoms with Gasteiger partial charge in [-0.1, -0.05) is 77.0 Å². The predicted molar refractivity (Wildman–Crippen MR) is 131 cm³/mol. The Kier molecular flexibility index (Phi) is 12.1. The first-order valence-corrected chi connectivity index (χ1v) is 12.6. The highest BCUT2D eigenvalue weighted by atomic mass is 19.4. The molecule has 0 saturated heterocycles. The summed E-state index contributed by atoms with van der Waals surface area (Å²) in [5, 5.41) is 0. The Balaban J connectivity index is 1.83. The highest BCUT2D eigenvalue weighted by molar-refractivity contribution is 5.90. The normalized spacial score (nSPS) is 12.5. The van der Waals surface area contributed by atoms with Crippen molar-refractivity contribution in [1.82, 2.24) is 4.98 Å². The standard InChI is InChI=1S/C28H38F3NO2/c1-3-5-7-9-11-22-13-18-26(32-21-22)23-14-16-24(17-15-23)27(33)34-20-19-25(28(29,30)31)12-10-8-6-4-2/h13-18,21,25H,3-12,19-20H2,1-2H3. The Morgan fingerprint density at radius 2 is 1.56 bits per heavy atom. The first-order chi connectivity index (χ1) is 16.3. The van der Waals surface area contributed by atoms with Gasteiger partial charge in [0, 0.05) is 11.8 Å². The fraction of sp³-hybridized carbons (Fsp3) is 0.571. The van der Waals surface area contributed by atoms with Crippen LogP contribution in [0.3, 0.4) is 0 Å². The lowest BCUT2D eigenvalue weighted by molar-refractivity contribution is -0.180. The topological polar surface area (TPSA) is 39.2 Å². The summed E-state index contributed by atoms with van der Waals surface area (Å²) in [5.41, 5.74) is 3.22. The second-order valence-electron chi connectivity index (χ2n) is 8.95. The Labute approximate surface area is 202 Å². The Morgan fingerprint density at radius 1 is 0.882 bits per heavy atom. The van der Waals surface area contributed by atoms with E-state index in [9.17, 15) is 18.0 Å². The largest absolute Gasteiger partial charge is 0.462 e. The zero-order valence-corrected chi connectivity index (χ0v) is 20.5. The van der Waals surface area contributed by atoms with Crippen LogP contribution in [0.4, 0.5) is 13.2 Å². The third kappa shape index (κ3) is 9.86. The average Bonchev–Trinajstić information content (AvgIpc) is 2.83.